The SMILES string of the molecule is CN=C(NCc1ncc(-c2ccc(C)cc2)o1)N1CCN(CC(=O)N2CCCC2)CC1. The molecule has 0 spiro atoms. The van der Waals surface area contributed by atoms with Crippen LogP contribution in [0.5, 0.6) is 0 Å². The van der Waals surface area contributed by atoms with Crippen LogP contribution in [0.2, 0.25) is 0 Å². The molecule has 166 valence electrons. The van der Waals surface area contributed by atoms with E-state index in [0.29, 0.717) is 19.0 Å². The molecule has 1 amide bonds. The van der Waals surface area contributed by atoms with E-state index in [0.717, 1.165) is 69.4 Å². The highest BCUT2D eigenvalue weighted by atomic mass is 16.4. The fourth-order valence-corrected chi connectivity index (χ4v) is 4.11. The first-order valence-electron chi connectivity index (χ1n) is 11.1. The molecule has 1 N–H and O–H groups in total. The van der Waals surface area contributed by atoms with Crippen LogP contribution in [0.4, 0.5) is 0 Å². The number of guanidine groups is 1. The second kappa shape index (κ2) is 9.96. The van der Waals surface area contributed by atoms with E-state index in [4.69, 9.17) is 4.42 Å². The number of aliphatic imine (C=N–C) groups is 1. The number of carbonyl (C=O) groups is 1. The number of rotatable bonds is 5. The normalized spacial score (nSPS) is 17.9. The second-order valence-electron chi connectivity index (χ2n) is 8.24. The van der Waals surface area contributed by atoms with Gasteiger partial charge in [-0.2, -0.15) is 0 Å². The highest BCUT2D eigenvalue weighted by Gasteiger charge is 2.24. The van der Waals surface area contributed by atoms with Crippen LogP contribution in [0.3, 0.4) is 0 Å². The van der Waals surface area contributed by atoms with Crippen molar-refractivity contribution in [3.05, 3.63) is 41.9 Å². The van der Waals surface area contributed by atoms with Gasteiger partial charge in [0, 0.05) is 51.9 Å². The number of hydrogen-bond donors (Lipinski definition) is 1. The smallest absolute Gasteiger partial charge is 0.236 e. The predicted octanol–water partition coefficient (Wildman–Crippen LogP) is 1.97. The largest absolute Gasteiger partial charge is 0.439 e. The third-order valence-electron chi connectivity index (χ3n) is 5.99. The van der Waals surface area contributed by atoms with Crippen molar-refractivity contribution >= 4 is 11.9 Å². The highest BCUT2D eigenvalue weighted by molar-refractivity contribution is 5.80. The summed E-state index contributed by atoms with van der Waals surface area (Å²) in [6, 6.07) is 8.21. The molecule has 0 atom stereocenters. The third-order valence-corrected chi connectivity index (χ3v) is 5.99. The van der Waals surface area contributed by atoms with Crippen molar-refractivity contribution in [1.82, 2.24) is 25.0 Å². The third kappa shape index (κ3) is 5.44. The Hall–Kier alpha value is -2.87. The number of aromatic nitrogens is 1. The maximum absolute atomic E-state index is 12.4. The molecule has 0 bridgehead atoms. The van der Waals surface area contributed by atoms with Crippen molar-refractivity contribution in [2.24, 2.45) is 4.99 Å². The van der Waals surface area contributed by atoms with Gasteiger partial charge >= 0.3 is 0 Å². The molecule has 0 aliphatic carbocycles. The van der Waals surface area contributed by atoms with E-state index >= 15 is 0 Å². The lowest BCUT2D eigenvalue weighted by Gasteiger charge is -2.36. The van der Waals surface area contributed by atoms with Crippen LogP contribution in [0.1, 0.15) is 24.3 Å². The minimum Gasteiger partial charge on any atom is -0.439 e. The van der Waals surface area contributed by atoms with E-state index in [1.165, 1.54) is 5.56 Å². The molecule has 0 saturated carbocycles. The van der Waals surface area contributed by atoms with Crippen LogP contribution in [-0.4, -0.2) is 84.4 Å². The van der Waals surface area contributed by atoms with Crippen molar-refractivity contribution < 1.29 is 9.21 Å². The predicted molar refractivity (Wildman–Crippen MR) is 121 cm³/mol. The molecule has 2 saturated heterocycles. The number of piperazine rings is 1. The molecule has 2 aliphatic heterocycles. The monoisotopic (exact) mass is 424 g/mol. The van der Waals surface area contributed by atoms with E-state index in [1.54, 1.807) is 13.2 Å². The lowest BCUT2D eigenvalue weighted by Crippen LogP contribution is -2.54. The summed E-state index contributed by atoms with van der Waals surface area (Å²) >= 11 is 0. The number of aryl methyl sites for hydroxylation is 1. The molecule has 31 heavy (non-hydrogen) atoms. The van der Waals surface area contributed by atoms with Crippen LogP contribution in [0, 0.1) is 6.92 Å². The molecule has 3 heterocycles. The molecule has 8 heteroatoms. The van der Waals surface area contributed by atoms with E-state index < -0.39 is 0 Å². The number of nitrogens with zero attached hydrogens (tertiary/aromatic N) is 5. The van der Waals surface area contributed by atoms with Crippen molar-refractivity contribution in [1.29, 1.82) is 0 Å². The zero-order valence-corrected chi connectivity index (χ0v) is 18.5. The Morgan fingerprint density at radius 2 is 1.77 bits per heavy atom. The number of hydrogen-bond acceptors (Lipinski definition) is 5. The van der Waals surface area contributed by atoms with Crippen molar-refractivity contribution in [3.63, 3.8) is 0 Å². The molecular formula is C23H32N6O2. The van der Waals surface area contributed by atoms with Crippen LogP contribution in [-0.2, 0) is 11.3 Å². The first-order valence-corrected chi connectivity index (χ1v) is 11.1. The number of amides is 1. The quantitative estimate of drug-likeness (QED) is 0.584. The summed E-state index contributed by atoms with van der Waals surface area (Å²) in [6.45, 7) is 8.30. The average molecular weight is 425 g/mol. The summed E-state index contributed by atoms with van der Waals surface area (Å²) in [5, 5.41) is 3.36. The molecule has 0 radical (unpaired) electrons. The van der Waals surface area contributed by atoms with Gasteiger partial charge in [-0.3, -0.25) is 14.7 Å². The number of nitrogens with one attached hydrogen (secondary N) is 1. The van der Waals surface area contributed by atoms with E-state index in [2.05, 4.69) is 44.1 Å². The Morgan fingerprint density at radius 3 is 2.45 bits per heavy atom. The lowest BCUT2D eigenvalue weighted by atomic mass is 10.1. The molecule has 1 aromatic carbocycles. The van der Waals surface area contributed by atoms with Gasteiger partial charge in [0.05, 0.1) is 19.3 Å². The minimum atomic E-state index is 0.265. The Labute approximate surface area is 183 Å². The number of oxazole rings is 1. The minimum absolute atomic E-state index is 0.265. The molecular weight excluding hydrogens is 392 g/mol. The van der Waals surface area contributed by atoms with Crippen molar-refractivity contribution in [2.75, 3.05) is 52.9 Å². The van der Waals surface area contributed by atoms with Crippen molar-refractivity contribution in [2.45, 2.75) is 26.3 Å². The number of likely N-dealkylation sites (tertiary alicyclic amines) is 1. The molecule has 4 rings (SSSR count). The van der Waals surface area contributed by atoms with Crippen LogP contribution >= 0.6 is 0 Å². The van der Waals surface area contributed by atoms with Crippen LogP contribution in [0.25, 0.3) is 11.3 Å². The molecule has 2 fully saturated rings. The molecule has 0 unspecified atom stereocenters. The number of benzene rings is 1. The van der Waals surface area contributed by atoms with Gasteiger partial charge in [-0.1, -0.05) is 29.8 Å². The van der Waals surface area contributed by atoms with Gasteiger partial charge in [0.15, 0.2) is 11.7 Å². The lowest BCUT2D eigenvalue weighted by molar-refractivity contribution is -0.131. The van der Waals surface area contributed by atoms with Gasteiger partial charge in [0.2, 0.25) is 11.8 Å². The van der Waals surface area contributed by atoms with Crippen molar-refractivity contribution in [3.8, 4) is 11.3 Å². The Bertz CT molecular complexity index is 893. The maximum Gasteiger partial charge on any atom is 0.236 e. The summed E-state index contributed by atoms with van der Waals surface area (Å²) in [5.74, 6) is 2.50. The first kappa shape index (κ1) is 21.4. The number of carbonyl (C=O) groups excluding carboxylic acids is 1. The standard InChI is InChI=1S/C23H32N6O2/c1-18-5-7-19(8-6-18)20-15-25-21(31-20)16-26-23(24-2)29-13-11-27(12-14-29)17-22(30)28-9-3-4-10-28/h5-8,15H,3-4,9-14,16-17H2,1-2H3,(H,24,26). The Kier molecular flexibility index (Phi) is 6.86. The van der Waals surface area contributed by atoms with E-state index in [-0.39, 0.29) is 5.91 Å². The first-order chi connectivity index (χ1) is 15.1. The fraction of sp³-hybridized carbons (Fsp3) is 0.522. The van der Waals surface area contributed by atoms with Gasteiger partial charge in [0.1, 0.15) is 0 Å². The summed E-state index contributed by atoms with van der Waals surface area (Å²) in [4.78, 5) is 27.7. The topological polar surface area (TPSA) is 77.2 Å². The van der Waals surface area contributed by atoms with Crippen LogP contribution < -0.4 is 5.32 Å². The molecule has 2 aromatic rings. The van der Waals surface area contributed by atoms with Gasteiger partial charge in [-0.05, 0) is 19.8 Å². The van der Waals surface area contributed by atoms with Gasteiger partial charge < -0.3 is 19.5 Å². The maximum atomic E-state index is 12.4. The molecule has 1 aromatic heterocycles. The summed E-state index contributed by atoms with van der Waals surface area (Å²) in [7, 11) is 1.79. The zero-order chi connectivity index (χ0) is 21.6. The van der Waals surface area contributed by atoms with E-state index in [9.17, 15) is 4.79 Å². The average Bonchev–Trinajstić information content (AvgIpc) is 3.48. The summed E-state index contributed by atoms with van der Waals surface area (Å²) in [5.41, 5.74) is 2.24. The second-order valence-corrected chi connectivity index (χ2v) is 8.24. The Balaban J connectivity index is 1.25. The fourth-order valence-electron chi connectivity index (χ4n) is 4.11. The van der Waals surface area contributed by atoms with E-state index in [1.807, 2.05) is 17.0 Å². The summed E-state index contributed by atoms with van der Waals surface area (Å²) < 4.78 is 5.90. The molecule has 8 nitrogen and oxygen atoms in total. The molecule has 2 aliphatic rings. The van der Waals surface area contributed by atoms with Crippen LogP contribution in [0.15, 0.2) is 39.9 Å². The Morgan fingerprint density at radius 1 is 1.06 bits per heavy atom. The summed E-state index contributed by atoms with van der Waals surface area (Å²) in [6.07, 6.45) is 4.04. The van der Waals surface area contributed by atoms with Gasteiger partial charge in [0.25, 0.3) is 0 Å². The highest BCUT2D eigenvalue weighted by Crippen LogP contribution is 2.20. The zero-order valence-electron chi connectivity index (χ0n) is 18.5. The van der Waals surface area contributed by atoms with Gasteiger partial charge in [-0.15, -0.1) is 0 Å². The van der Waals surface area contributed by atoms with Gasteiger partial charge in [-0.25, -0.2) is 4.98 Å².